The Bertz CT molecular complexity index is 1210. The molecule has 3 aliphatic rings. The van der Waals surface area contributed by atoms with E-state index in [1.165, 1.54) is 11.8 Å². The first-order chi connectivity index (χ1) is 15.8. The smallest absolute Gasteiger partial charge is 0.302 e. The van der Waals surface area contributed by atoms with Gasteiger partial charge in [0.05, 0.1) is 11.7 Å². The lowest BCUT2D eigenvalue weighted by Gasteiger charge is -2.41. The Morgan fingerprint density at radius 1 is 1.06 bits per heavy atom. The molecule has 1 saturated heterocycles. The minimum absolute atomic E-state index is 0.257. The molecule has 2 aromatic rings. The summed E-state index contributed by atoms with van der Waals surface area (Å²) in [6.45, 7) is 2.94. The number of benzene rings is 2. The Balaban J connectivity index is 1.62. The van der Waals surface area contributed by atoms with Crippen molar-refractivity contribution in [2.24, 2.45) is 4.99 Å². The van der Waals surface area contributed by atoms with Gasteiger partial charge in [0.25, 0.3) is 5.91 Å². The number of hydrogen-bond acceptors (Lipinski definition) is 6. The van der Waals surface area contributed by atoms with E-state index in [2.05, 4.69) is 0 Å². The Morgan fingerprint density at radius 2 is 1.73 bits per heavy atom. The van der Waals surface area contributed by atoms with Crippen molar-refractivity contribution in [2.75, 3.05) is 11.9 Å². The van der Waals surface area contributed by atoms with Crippen molar-refractivity contribution in [3.05, 3.63) is 71.4 Å². The highest BCUT2D eigenvalue weighted by Gasteiger charge is 2.56. The van der Waals surface area contributed by atoms with Crippen molar-refractivity contribution in [3.8, 4) is 0 Å². The maximum atomic E-state index is 13.5. The second-order valence-corrected chi connectivity index (χ2v) is 8.71. The Hall–Kier alpha value is -3.65. The Kier molecular flexibility index (Phi) is 4.97. The lowest BCUT2D eigenvalue weighted by Crippen LogP contribution is -2.66. The van der Waals surface area contributed by atoms with E-state index in [0.717, 1.165) is 21.8 Å². The largest absolute Gasteiger partial charge is 0.328 e. The second kappa shape index (κ2) is 7.74. The maximum Gasteiger partial charge on any atom is 0.328 e. The van der Waals surface area contributed by atoms with E-state index in [4.69, 9.17) is 16.6 Å². The lowest BCUT2D eigenvalue weighted by molar-refractivity contribution is -0.142. The molecule has 0 bridgehead atoms. The van der Waals surface area contributed by atoms with Gasteiger partial charge in [0, 0.05) is 29.5 Å². The highest BCUT2D eigenvalue weighted by atomic mass is 35.5. The van der Waals surface area contributed by atoms with Crippen molar-refractivity contribution in [3.63, 3.8) is 0 Å². The number of Topliss-reactive ketones (excluding diaryl/α,β-unsaturated/α-hetero) is 1. The highest BCUT2D eigenvalue weighted by Crippen LogP contribution is 2.40. The number of anilines is 1. The average Bonchev–Trinajstić information content (AvgIpc) is 3.35. The number of ketones is 1. The number of rotatable bonds is 4. The first-order valence-corrected chi connectivity index (χ1v) is 11.0. The molecule has 0 saturated carbocycles. The van der Waals surface area contributed by atoms with Crippen LogP contribution in [-0.4, -0.2) is 63.7 Å². The number of nitrogens with zero attached hydrogens (tertiary/aromatic N) is 5. The third kappa shape index (κ3) is 3.21. The molecule has 3 atom stereocenters. The van der Waals surface area contributed by atoms with E-state index in [-0.39, 0.29) is 5.78 Å². The normalized spacial score (nSPS) is 22.8. The van der Waals surface area contributed by atoms with Crippen molar-refractivity contribution in [1.29, 1.82) is 0 Å². The minimum atomic E-state index is -0.856. The molecule has 0 N–H and O–H groups in total. The van der Waals surface area contributed by atoms with E-state index in [1.807, 2.05) is 53.6 Å². The van der Waals surface area contributed by atoms with Gasteiger partial charge in [-0.1, -0.05) is 41.9 Å². The van der Waals surface area contributed by atoms with Gasteiger partial charge >= 0.3 is 6.03 Å². The molecule has 3 unspecified atom stereocenters. The summed E-state index contributed by atoms with van der Waals surface area (Å²) in [6, 6.07) is 15.0. The minimum Gasteiger partial charge on any atom is -0.302 e. The van der Waals surface area contributed by atoms with Gasteiger partial charge in [-0.2, -0.15) is 0 Å². The fraction of sp³-hybridized carbons (Fsp3) is 0.250. The van der Waals surface area contributed by atoms with Gasteiger partial charge < -0.3 is 4.90 Å². The molecule has 168 valence electrons. The lowest BCUT2D eigenvalue weighted by atomic mass is 10.1. The van der Waals surface area contributed by atoms with Gasteiger partial charge in [0.15, 0.2) is 18.0 Å². The van der Waals surface area contributed by atoms with Gasteiger partial charge in [0.2, 0.25) is 5.96 Å². The molecule has 3 heterocycles. The third-order valence-electron chi connectivity index (χ3n) is 6.29. The molecule has 2 aromatic carbocycles. The molecule has 9 heteroatoms. The summed E-state index contributed by atoms with van der Waals surface area (Å²) in [5.74, 6) is -0.157. The summed E-state index contributed by atoms with van der Waals surface area (Å²) in [7, 11) is 1.60. The first-order valence-electron chi connectivity index (χ1n) is 10.6. The summed E-state index contributed by atoms with van der Waals surface area (Å²) in [5.41, 5.74) is 2.61. The molecular formula is C24H22ClN5O3. The number of amides is 3. The van der Waals surface area contributed by atoms with Crippen LogP contribution in [0.25, 0.3) is 5.70 Å². The van der Waals surface area contributed by atoms with Crippen molar-refractivity contribution in [2.45, 2.75) is 32.1 Å². The van der Waals surface area contributed by atoms with Crippen LogP contribution in [0.3, 0.4) is 0 Å². The highest BCUT2D eigenvalue weighted by molar-refractivity contribution is 6.30. The van der Waals surface area contributed by atoms with E-state index >= 15 is 0 Å². The number of urea groups is 1. The number of likely N-dealkylation sites (N-methyl/N-ethyl adjacent to an activating group) is 1. The van der Waals surface area contributed by atoms with E-state index in [0.29, 0.717) is 11.0 Å². The molecule has 5 rings (SSSR count). The van der Waals surface area contributed by atoms with Crippen LogP contribution >= 0.6 is 11.6 Å². The summed E-state index contributed by atoms with van der Waals surface area (Å²) in [5, 5.41) is 0.608. The molecule has 0 spiro atoms. The molecule has 8 nitrogen and oxygen atoms in total. The second-order valence-electron chi connectivity index (χ2n) is 8.28. The predicted octanol–water partition coefficient (Wildman–Crippen LogP) is 3.40. The monoisotopic (exact) mass is 463 g/mol. The van der Waals surface area contributed by atoms with Crippen LogP contribution < -0.4 is 4.90 Å². The zero-order valence-electron chi connectivity index (χ0n) is 18.3. The zero-order chi connectivity index (χ0) is 23.4. The molecule has 0 aliphatic carbocycles. The van der Waals surface area contributed by atoms with Gasteiger partial charge in [0.1, 0.15) is 0 Å². The van der Waals surface area contributed by atoms with Crippen LogP contribution in [0.15, 0.2) is 65.8 Å². The fourth-order valence-corrected chi connectivity index (χ4v) is 4.52. The van der Waals surface area contributed by atoms with Gasteiger partial charge in [-0.25, -0.2) is 9.79 Å². The van der Waals surface area contributed by atoms with Crippen LogP contribution in [0.2, 0.25) is 5.02 Å². The predicted molar refractivity (Wildman–Crippen MR) is 125 cm³/mol. The van der Waals surface area contributed by atoms with Crippen LogP contribution in [0.1, 0.15) is 19.4 Å². The fourth-order valence-electron chi connectivity index (χ4n) is 4.39. The Labute approximate surface area is 196 Å². The number of carbonyl (C=O) groups is 3. The number of aliphatic imine (C=N–C) groups is 1. The van der Waals surface area contributed by atoms with Crippen molar-refractivity contribution >= 4 is 46.7 Å². The molecule has 1 fully saturated rings. The standard InChI is InChI=1S/C24H22ClN5O3/c1-14(15(2)31)29-22(32)20-21(27(3)24(29)33)26-23-28(20)13-19(16-7-5-4-6-8-16)30(23)18-11-9-17(25)10-12-18/h4-14,20-21H,1-3H3. The van der Waals surface area contributed by atoms with E-state index in [9.17, 15) is 14.4 Å². The zero-order valence-corrected chi connectivity index (χ0v) is 19.1. The van der Waals surface area contributed by atoms with Crippen LogP contribution in [0, 0.1) is 0 Å². The van der Waals surface area contributed by atoms with Gasteiger partial charge in [-0.3, -0.25) is 24.3 Å². The molecule has 0 radical (unpaired) electrons. The Morgan fingerprint density at radius 3 is 2.36 bits per heavy atom. The van der Waals surface area contributed by atoms with Crippen LogP contribution in [0.5, 0.6) is 0 Å². The van der Waals surface area contributed by atoms with Crippen molar-refractivity contribution in [1.82, 2.24) is 14.7 Å². The summed E-state index contributed by atoms with van der Waals surface area (Å²) < 4.78 is 0. The number of hydrogen-bond donors (Lipinski definition) is 0. The third-order valence-corrected chi connectivity index (χ3v) is 6.54. The van der Waals surface area contributed by atoms with Crippen LogP contribution in [-0.2, 0) is 9.59 Å². The molecule has 0 aromatic heterocycles. The van der Waals surface area contributed by atoms with E-state index in [1.54, 1.807) is 31.0 Å². The van der Waals surface area contributed by atoms with E-state index < -0.39 is 30.2 Å². The first kappa shape index (κ1) is 21.2. The summed E-state index contributed by atoms with van der Waals surface area (Å²) in [6.07, 6.45) is 1.18. The quantitative estimate of drug-likeness (QED) is 0.694. The van der Waals surface area contributed by atoms with Crippen molar-refractivity contribution < 1.29 is 14.4 Å². The average molecular weight is 464 g/mol. The van der Waals surface area contributed by atoms with Crippen LogP contribution in [0.4, 0.5) is 10.5 Å². The number of halogens is 1. The molecule has 3 aliphatic heterocycles. The number of imide groups is 1. The number of guanidine groups is 1. The maximum absolute atomic E-state index is 13.5. The van der Waals surface area contributed by atoms with Gasteiger partial charge in [-0.15, -0.1) is 0 Å². The topological polar surface area (TPSA) is 76.5 Å². The molecular weight excluding hydrogens is 442 g/mol. The summed E-state index contributed by atoms with van der Waals surface area (Å²) in [4.78, 5) is 49.5. The van der Waals surface area contributed by atoms with Gasteiger partial charge in [-0.05, 0) is 38.1 Å². The SMILES string of the molecule is CC(=O)C(C)N1C(=O)C2C(N=C3N(c4ccc(Cl)cc4)C(c4ccccc4)=CN32)N(C)C1=O. The molecule has 3 amide bonds. The number of carbonyl (C=O) groups excluding carboxylic acids is 3. The number of fused-ring (bicyclic) bond motifs is 3. The summed E-state index contributed by atoms with van der Waals surface area (Å²) >= 11 is 6.11. The molecule has 33 heavy (non-hydrogen) atoms.